The maximum Gasteiger partial charge on any atom is 0.322 e. The molecular weight excluding hydrogens is 362 g/mol. The topological polar surface area (TPSA) is 79.1 Å². The van der Waals surface area contributed by atoms with Crippen molar-refractivity contribution >= 4 is 33.5 Å². The minimum atomic E-state index is -0.504. The van der Waals surface area contributed by atoms with Crippen molar-refractivity contribution in [2.24, 2.45) is 5.73 Å². The van der Waals surface area contributed by atoms with E-state index in [4.69, 9.17) is 5.73 Å². The summed E-state index contributed by atoms with van der Waals surface area (Å²) in [4.78, 5) is 18.2. The third-order valence-electron chi connectivity index (χ3n) is 6.06. The molecule has 148 valence electrons. The Balaban J connectivity index is 1.69. The number of para-hydroxylation sites is 2. The lowest BCUT2D eigenvalue weighted by Gasteiger charge is -2.33. The van der Waals surface area contributed by atoms with Gasteiger partial charge in [-0.3, -0.25) is 4.90 Å². The molecule has 6 heteroatoms. The van der Waals surface area contributed by atoms with E-state index < -0.39 is 5.54 Å². The number of benzene rings is 2. The molecule has 5 rings (SSSR count). The van der Waals surface area contributed by atoms with Crippen LogP contribution in [0, 0.1) is 0 Å². The molecule has 1 atom stereocenters. The Hall–Kier alpha value is -3.25. The third-order valence-corrected chi connectivity index (χ3v) is 6.06. The first-order valence-electron chi connectivity index (χ1n) is 10.1. The second-order valence-corrected chi connectivity index (χ2v) is 7.88. The standard InChI is InChI=1S/C23H25N5O/c1-23(18-14-27(12-6-11-24)20-10-5-3-7-16(18)20)15-26-22(29)28(23)21-13-25-19-9-4-2-8-17(19)21/h2-5,7-10,13-14,25H,6,11-12,15,24H2,1H3,(H,26,29). The van der Waals surface area contributed by atoms with E-state index in [1.54, 1.807) is 0 Å². The number of fused-ring (bicyclic) bond motifs is 2. The number of rotatable bonds is 5. The van der Waals surface area contributed by atoms with Crippen LogP contribution in [0.25, 0.3) is 21.8 Å². The first kappa shape index (κ1) is 17.8. The van der Waals surface area contributed by atoms with E-state index in [-0.39, 0.29) is 6.03 Å². The maximum atomic E-state index is 13.0. The first-order valence-corrected chi connectivity index (χ1v) is 10.1. The number of carbonyl (C=O) groups excluding carboxylic acids is 1. The number of amides is 2. The summed E-state index contributed by atoms with van der Waals surface area (Å²) in [5.41, 5.74) is 9.49. The summed E-state index contributed by atoms with van der Waals surface area (Å²) >= 11 is 0. The van der Waals surface area contributed by atoms with E-state index >= 15 is 0 Å². The molecule has 1 fully saturated rings. The van der Waals surface area contributed by atoms with Gasteiger partial charge in [0, 0.05) is 52.9 Å². The molecule has 1 aliphatic heterocycles. The second kappa shape index (κ2) is 6.67. The molecule has 2 aromatic carbocycles. The number of H-pyrrole nitrogens is 1. The van der Waals surface area contributed by atoms with Crippen molar-refractivity contribution in [3.8, 4) is 0 Å². The summed E-state index contributed by atoms with van der Waals surface area (Å²) < 4.78 is 2.26. The summed E-state index contributed by atoms with van der Waals surface area (Å²) in [6.07, 6.45) is 5.04. The molecule has 0 bridgehead atoms. The zero-order chi connectivity index (χ0) is 20.0. The normalized spacial score (nSPS) is 19.4. The molecule has 0 radical (unpaired) electrons. The van der Waals surface area contributed by atoms with E-state index in [1.165, 1.54) is 10.9 Å². The van der Waals surface area contributed by atoms with Crippen LogP contribution in [0.2, 0.25) is 0 Å². The van der Waals surface area contributed by atoms with Crippen molar-refractivity contribution in [3.63, 3.8) is 0 Å². The molecule has 4 aromatic rings. The van der Waals surface area contributed by atoms with Crippen LogP contribution in [0.5, 0.6) is 0 Å². The minimum Gasteiger partial charge on any atom is -0.359 e. The van der Waals surface area contributed by atoms with Crippen LogP contribution in [-0.4, -0.2) is 28.7 Å². The van der Waals surface area contributed by atoms with Crippen molar-refractivity contribution < 1.29 is 4.79 Å². The Morgan fingerprint density at radius 1 is 1.10 bits per heavy atom. The Morgan fingerprint density at radius 3 is 2.69 bits per heavy atom. The van der Waals surface area contributed by atoms with E-state index in [1.807, 2.05) is 29.3 Å². The van der Waals surface area contributed by atoms with E-state index in [0.29, 0.717) is 13.1 Å². The predicted octanol–water partition coefficient (Wildman–Crippen LogP) is 3.92. The molecule has 1 unspecified atom stereocenters. The van der Waals surface area contributed by atoms with Gasteiger partial charge < -0.3 is 20.6 Å². The van der Waals surface area contributed by atoms with Crippen LogP contribution >= 0.6 is 0 Å². The smallest absolute Gasteiger partial charge is 0.322 e. The molecule has 0 aliphatic carbocycles. The van der Waals surface area contributed by atoms with Crippen LogP contribution in [0.4, 0.5) is 10.5 Å². The molecule has 1 aliphatic rings. The first-order chi connectivity index (χ1) is 14.1. The van der Waals surface area contributed by atoms with Crippen LogP contribution in [-0.2, 0) is 12.1 Å². The van der Waals surface area contributed by atoms with Crippen LogP contribution in [0.1, 0.15) is 18.9 Å². The molecule has 6 nitrogen and oxygen atoms in total. The maximum absolute atomic E-state index is 13.0. The largest absolute Gasteiger partial charge is 0.359 e. The van der Waals surface area contributed by atoms with E-state index in [2.05, 4.69) is 58.3 Å². The van der Waals surface area contributed by atoms with Gasteiger partial charge in [0.2, 0.25) is 0 Å². The zero-order valence-electron chi connectivity index (χ0n) is 16.5. The van der Waals surface area contributed by atoms with Gasteiger partial charge >= 0.3 is 6.03 Å². The monoisotopic (exact) mass is 387 g/mol. The molecule has 1 saturated heterocycles. The van der Waals surface area contributed by atoms with Gasteiger partial charge in [0.05, 0.1) is 11.2 Å². The predicted molar refractivity (Wildman–Crippen MR) is 117 cm³/mol. The number of aryl methyl sites for hydroxylation is 1. The quantitative estimate of drug-likeness (QED) is 0.485. The lowest BCUT2D eigenvalue weighted by atomic mass is 9.90. The highest BCUT2D eigenvalue weighted by Crippen LogP contribution is 2.42. The van der Waals surface area contributed by atoms with Crippen LogP contribution < -0.4 is 16.0 Å². The SMILES string of the molecule is CC1(c2cn(CCCN)c3ccccc23)CNC(=O)N1c1c[nH]c2ccccc12. The lowest BCUT2D eigenvalue weighted by Crippen LogP contribution is -2.42. The molecular formula is C23H25N5O. The highest BCUT2D eigenvalue weighted by Gasteiger charge is 2.46. The number of nitrogens with one attached hydrogen (secondary N) is 2. The molecule has 2 amide bonds. The molecule has 0 saturated carbocycles. The van der Waals surface area contributed by atoms with Gasteiger partial charge in [-0.15, -0.1) is 0 Å². The number of hydrogen-bond donors (Lipinski definition) is 3. The van der Waals surface area contributed by atoms with Crippen molar-refractivity contribution in [1.29, 1.82) is 0 Å². The second-order valence-electron chi connectivity index (χ2n) is 7.88. The Labute approximate surface area is 169 Å². The molecule has 2 aromatic heterocycles. The summed E-state index contributed by atoms with van der Waals surface area (Å²) in [6.45, 7) is 4.21. The van der Waals surface area contributed by atoms with Gasteiger partial charge in [0.25, 0.3) is 0 Å². The molecule has 29 heavy (non-hydrogen) atoms. The Morgan fingerprint density at radius 2 is 1.86 bits per heavy atom. The fraction of sp³-hybridized carbons (Fsp3) is 0.261. The van der Waals surface area contributed by atoms with Crippen LogP contribution in [0.15, 0.2) is 60.9 Å². The number of nitrogens with zero attached hydrogens (tertiary/aromatic N) is 2. The summed E-state index contributed by atoms with van der Waals surface area (Å²) in [6, 6.07) is 16.4. The fourth-order valence-electron chi connectivity index (χ4n) is 4.58. The van der Waals surface area contributed by atoms with Crippen molar-refractivity contribution in [2.45, 2.75) is 25.4 Å². The minimum absolute atomic E-state index is 0.0731. The van der Waals surface area contributed by atoms with Crippen molar-refractivity contribution in [2.75, 3.05) is 18.0 Å². The van der Waals surface area contributed by atoms with Gasteiger partial charge in [-0.05, 0) is 32.0 Å². The lowest BCUT2D eigenvalue weighted by molar-refractivity contribution is 0.251. The number of aromatic nitrogens is 2. The highest BCUT2D eigenvalue weighted by molar-refractivity contribution is 6.06. The van der Waals surface area contributed by atoms with Crippen molar-refractivity contribution in [3.05, 3.63) is 66.5 Å². The van der Waals surface area contributed by atoms with E-state index in [0.717, 1.165) is 35.1 Å². The Bertz CT molecular complexity index is 1210. The summed E-state index contributed by atoms with van der Waals surface area (Å²) in [5, 5.41) is 5.29. The number of anilines is 1. The number of carbonyl (C=O) groups is 1. The Kier molecular flexibility index (Phi) is 4.10. The molecule has 0 spiro atoms. The third kappa shape index (κ3) is 2.63. The van der Waals surface area contributed by atoms with Gasteiger partial charge in [0.15, 0.2) is 0 Å². The average molecular weight is 387 g/mol. The number of nitrogens with two attached hydrogens (primary N) is 1. The fourth-order valence-corrected chi connectivity index (χ4v) is 4.58. The van der Waals surface area contributed by atoms with Gasteiger partial charge in [-0.25, -0.2) is 4.79 Å². The van der Waals surface area contributed by atoms with Gasteiger partial charge in [-0.1, -0.05) is 36.4 Å². The van der Waals surface area contributed by atoms with Gasteiger partial charge in [0.1, 0.15) is 0 Å². The van der Waals surface area contributed by atoms with Gasteiger partial charge in [-0.2, -0.15) is 0 Å². The summed E-state index contributed by atoms with van der Waals surface area (Å²) in [5.74, 6) is 0. The number of urea groups is 1. The number of hydrogen-bond acceptors (Lipinski definition) is 2. The average Bonchev–Trinajstić information content (AvgIpc) is 3.41. The zero-order valence-corrected chi connectivity index (χ0v) is 16.5. The molecule has 4 N–H and O–H groups in total. The number of aromatic amines is 1. The molecule has 3 heterocycles. The highest BCUT2D eigenvalue weighted by atomic mass is 16.2. The van der Waals surface area contributed by atoms with E-state index in [9.17, 15) is 4.79 Å². The van der Waals surface area contributed by atoms with Crippen LogP contribution in [0.3, 0.4) is 0 Å². The van der Waals surface area contributed by atoms with Crippen molar-refractivity contribution in [1.82, 2.24) is 14.9 Å². The summed E-state index contributed by atoms with van der Waals surface area (Å²) in [7, 11) is 0.